The van der Waals surface area contributed by atoms with E-state index in [2.05, 4.69) is 25.2 Å². The molecule has 0 atom stereocenters. The first-order chi connectivity index (χ1) is 13.7. The Hall–Kier alpha value is -2.93. The minimum atomic E-state index is -0.237. The summed E-state index contributed by atoms with van der Waals surface area (Å²) in [5.41, 5.74) is 1.31. The summed E-state index contributed by atoms with van der Waals surface area (Å²) in [6.07, 6.45) is 8.47. The van der Waals surface area contributed by atoms with Crippen molar-refractivity contribution in [2.24, 2.45) is 0 Å². The summed E-state index contributed by atoms with van der Waals surface area (Å²) >= 11 is 5.88. The molecule has 1 fully saturated rings. The molecule has 0 saturated carbocycles. The maximum absolute atomic E-state index is 12.4. The molecule has 3 heterocycles. The van der Waals surface area contributed by atoms with Crippen molar-refractivity contribution >= 4 is 23.3 Å². The second kappa shape index (κ2) is 8.39. The van der Waals surface area contributed by atoms with Crippen LogP contribution in [0.3, 0.4) is 0 Å². The smallest absolute Gasteiger partial charge is 0.271 e. The largest absolute Gasteiger partial charge is 0.356 e. The number of nitrogens with zero attached hydrogens (tertiary/aromatic N) is 5. The molecule has 7 nitrogen and oxygen atoms in total. The van der Waals surface area contributed by atoms with Crippen molar-refractivity contribution in [3.63, 3.8) is 0 Å². The van der Waals surface area contributed by atoms with Gasteiger partial charge in [-0.1, -0.05) is 23.7 Å². The van der Waals surface area contributed by atoms with Crippen LogP contribution < -0.4 is 10.2 Å². The summed E-state index contributed by atoms with van der Waals surface area (Å²) in [5, 5.41) is 3.53. The van der Waals surface area contributed by atoms with Crippen LogP contribution in [0.1, 0.15) is 35.3 Å². The molecule has 3 aromatic rings. The summed E-state index contributed by atoms with van der Waals surface area (Å²) in [6.45, 7) is 2.44. The number of amides is 1. The lowest BCUT2D eigenvalue weighted by Crippen LogP contribution is -2.30. The quantitative estimate of drug-likeness (QED) is 0.716. The fourth-order valence-corrected chi connectivity index (χ4v) is 3.34. The van der Waals surface area contributed by atoms with Crippen molar-refractivity contribution in [1.82, 2.24) is 24.8 Å². The fourth-order valence-electron chi connectivity index (χ4n) is 3.21. The fraction of sp³-hybridized carbons (Fsp3) is 0.300. The number of aromatic nitrogens is 4. The summed E-state index contributed by atoms with van der Waals surface area (Å²) in [6, 6.07) is 9.29. The van der Waals surface area contributed by atoms with Gasteiger partial charge < -0.3 is 10.2 Å². The van der Waals surface area contributed by atoms with Crippen molar-refractivity contribution in [1.29, 1.82) is 0 Å². The van der Waals surface area contributed by atoms with E-state index >= 15 is 0 Å². The molecule has 0 unspecified atom stereocenters. The molecule has 1 saturated heterocycles. The Morgan fingerprint density at radius 2 is 1.79 bits per heavy atom. The highest BCUT2D eigenvalue weighted by Crippen LogP contribution is 2.19. The van der Waals surface area contributed by atoms with Gasteiger partial charge in [-0.2, -0.15) is 0 Å². The molecule has 8 heteroatoms. The standard InChI is InChI=1S/C20H21ClN6O/c21-16-6-4-15(5-7-16)11-22-20(28)17-12-27(14-25-17)19-10-18(23-13-24-19)26-8-2-1-3-9-26/h4-7,10,12-14H,1-3,8-9,11H2,(H,22,28). The highest BCUT2D eigenvalue weighted by Gasteiger charge is 2.14. The predicted molar refractivity (Wildman–Crippen MR) is 108 cm³/mol. The minimum Gasteiger partial charge on any atom is -0.356 e. The topological polar surface area (TPSA) is 75.9 Å². The molecule has 4 rings (SSSR count). The van der Waals surface area contributed by atoms with Gasteiger partial charge in [0.1, 0.15) is 30.0 Å². The van der Waals surface area contributed by atoms with Gasteiger partial charge >= 0.3 is 0 Å². The minimum absolute atomic E-state index is 0.237. The van der Waals surface area contributed by atoms with Gasteiger partial charge in [-0.25, -0.2) is 15.0 Å². The number of piperidine rings is 1. The van der Waals surface area contributed by atoms with E-state index in [0.29, 0.717) is 23.1 Å². The van der Waals surface area contributed by atoms with Gasteiger partial charge in [0.25, 0.3) is 5.91 Å². The average Bonchev–Trinajstić information content (AvgIpc) is 3.24. The van der Waals surface area contributed by atoms with E-state index < -0.39 is 0 Å². The summed E-state index contributed by atoms with van der Waals surface area (Å²) in [5.74, 6) is 1.37. The van der Waals surface area contributed by atoms with E-state index in [4.69, 9.17) is 11.6 Å². The molecule has 28 heavy (non-hydrogen) atoms. The van der Waals surface area contributed by atoms with Crippen LogP contribution in [-0.4, -0.2) is 38.5 Å². The lowest BCUT2D eigenvalue weighted by molar-refractivity contribution is 0.0946. The lowest BCUT2D eigenvalue weighted by Gasteiger charge is -2.27. The Kier molecular flexibility index (Phi) is 5.53. The molecule has 0 bridgehead atoms. The number of rotatable bonds is 5. The molecule has 1 aliphatic rings. The van der Waals surface area contributed by atoms with Crippen LogP contribution >= 0.6 is 11.6 Å². The van der Waals surface area contributed by atoms with Crippen molar-refractivity contribution < 1.29 is 4.79 Å². The second-order valence-electron chi connectivity index (χ2n) is 6.76. The Bertz CT molecular complexity index is 949. The van der Waals surface area contributed by atoms with Gasteiger partial charge in [-0.3, -0.25) is 9.36 Å². The summed E-state index contributed by atoms with van der Waals surface area (Å²) in [4.78, 5) is 27.6. The number of nitrogens with one attached hydrogen (secondary N) is 1. The van der Waals surface area contributed by atoms with Gasteiger partial charge in [0.15, 0.2) is 0 Å². The SMILES string of the molecule is O=C(NCc1ccc(Cl)cc1)c1cn(-c2cc(N3CCCCC3)ncn2)cn1. The molecule has 0 spiro atoms. The van der Waals surface area contributed by atoms with Crippen LogP contribution in [0.2, 0.25) is 5.02 Å². The van der Waals surface area contributed by atoms with E-state index in [-0.39, 0.29) is 5.91 Å². The maximum Gasteiger partial charge on any atom is 0.271 e. The molecule has 1 aliphatic heterocycles. The first kappa shape index (κ1) is 18.4. The van der Waals surface area contributed by atoms with Crippen LogP contribution in [0.15, 0.2) is 49.2 Å². The van der Waals surface area contributed by atoms with E-state index in [1.165, 1.54) is 19.3 Å². The zero-order valence-corrected chi connectivity index (χ0v) is 16.1. The molecule has 1 aromatic carbocycles. The Morgan fingerprint density at radius 1 is 1.04 bits per heavy atom. The third-order valence-electron chi connectivity index (χ3n) is 4.76. The van der Waals surface area contributed by atoms with Crippen molar-refractivity contribution in [3.8, 4) is 5.82 Å². The number of carbonyl (C=O) groups excluding carboxylic acids is 1. The van der Waals surface area contributed by atoms with E-state index in [1.807, 2.05) is 18.2 Å². The lowest BCUT2D eigenvalue weighted by atomic mass is 10.1. The Labute approximate surface area is 168 Å². The van der Waals surface area contributed by atoms with Crippen LogP contribution in [0.5, 0.6) is 0 Å². The number of hydrogen-bond acceptors (Lipinski definition) is 5. The van der Waals surface area contributed by atoms with Gasteiger partial charge in [0, 0.05) is 36.9 Å². The summed E-state index contributed by atoms with van der Waals surface area (Å²) in [7, 11) is 0. The van der Waals surface area contributed by atoms with E-state index in [1.54, 1.807) is 35.6 Å². The molecular formula is C20H21ClN6O. The highest BCUT2D eigenvalue weighted by atomic mass is 35.5. The predicted octanol–water partition coefficient (Wildman–Crippen LogP) is 3.24. The van der Waals surface area contributed by atoms with Crippen LogP contribution in [0.4, 0.5) is 5.82 Å². The molecule has 1 amide bonds. The Morgan fingerprint density at radius 3 is 2.57 bits per heavy atom. The molecule has 1 N–H and O–H groups in total. The van der Waals surface area contributed by atoms with Crippen molar-refractivity contribution in [2.75, 3.05) is 18.0 Å². The molecule has 0 radical (unpaired) electrons. The first-order valence-electron chi connectivity index (χ1n) is 9.33. The van der Waals surface area contributed by atoms with Gasteiger partial charge in [0.2, 0.25) is 0 Å². The Balaban J connectivity index is 1.43. The maximum atomic E-state index is 12.4. The van der Waals surface area contributed by atoms with Crippen LogP contribution in [-0.2, 0) is 6.54 Å². The van der Waals surface area contributed by atoms with Crippen LogP contribution in [0.25, 0.3) is 5.82 Å². The van der Waals surface area contributed by atoms with E-state index in [9.17, 15) is 4.79 Å². The van der Waals surface area contributed by atoms with Gasteiger partial charge in [0.05, 0.1) is 0 Å². The zero-order chi connectivity index (χ0) is 19.3. The van der Waals surface area contributed by atoms with Crippen molar-refractivity contribution in [3.05, 3.63) is 65.5 Å². The first-order valence-corrected chi connectivity index (χ1v) is 9.71. The molecule has 0 aliphatic carbocycles. The average molecular weight is 397 g/mol. The van der Waals surface area contributed by atoms with E-state index in [0.717, 1.165) is 24.5 Å². The third-order valence-corrected chi connectivity index (χ3v) is 5.02. The second-order valence-corrected chi connectivity index (χ2v) is 7.19. The number of carbonyl (C=O) groups is 1. The van der Waals surface area contributed by atoms with Crippen LogP contribution in [0, 0.1) is 0 Å². The summed E-state index contributed by atoms with van der Waals surface area (Å²) < 4.78 is 1.74. The molecule has 144 valence electrons. The molecular weight excluding hydrogens is 376 g/mol. The number of anilines is 1. The van der Waals surface area contributed by atoms with Crippen molar-refractivity contribution in [2.45, 2.75) is 25.8 Å². The van der Waals surface area contributed by atoms with Gasteiger partial charge in [-0.15, -0.1) is 0 Å². The molecule has 2 aromatic heterocycles. The number of benzene rings is 1. The monoisotopic (exact) mass is 396 g/mol. The normalized spacial score (nSPS) is 14.1. The van der Waals surface area contributed by atoms with Gasteiger partial charge in [-0.05, 0) is 37.0 Å². The number of hydrogen-bond donors (Lipinski definition) is 1. The zero-order valence-electron chi connectivity index (χ0n) is 15.4. The highest BCUT2D eigenvalue weighted by molar-refractivity contribution is 6.30. The third kappa shape index (κ3) is 4.31. The number of imidazole rings is 1. The number of halogens is 1.